The molecule has 1 unspecified atom stereocenters. The van der Waals surface area contributed by atoms with Gasteiger partial charge >= 0.3 is 21.7 Å². The summed E-state index contributed by atoms with van der Waals surface area (Å²) in [6.45, 7) is 6.60. The Morgan fingerprint density at radius 1 is 1.04 bits per heavy atom. The molecule has 0 aromatic heterocycles. The maximum atomic E-state index is 3.37. The minimum Gasteiger partial charge on any atom is -0.269 e. The van der Waals surface area contributed by atoms with Gasteiger partial charge in [-0.2, -0.15) is 12.1 Å². The molecule has 4 rings (SSSR count). The van der Waals surface area contributed by atoms with Gasteiger partial charge in [-0.05, 0) is 17.8 Å². The number of unbranched alkanes of at least 4 members (excludes halogenated alkanes) is 1. The van der Waals surface area contributed by atoms with Crippen LogP contribution in [0.1, 0.15) is 45.1 Å². The molecule has 0 fully saturated rings. The summed E-state index contributed by atoms with van der Waals surface area (Å²) >= 11 is 0. The molecule has 1 aliphatic carbocycles. The van der Waals surface area contributed by atoms with Gasteiger partial charge in [-0.3, -0.25) is 6.08 Å². The van der Waals surface area contributed by atoms with E-state index in [1.165, 1.54) is 57.4 Å². The number of hydrogen-bond donors (Lipinski definition) is 0. The number of benzene rings is 2. The summed E-state index contributed by atoms with van der Waals surface area (Å²) in [6, 6.07) is 21.8. The van der Waals surface area contributed by atoms with E-state index in [-0.39, 0.29) is 21.7 Å². The fourth-order valence-corrected chi connectivity index (χ4v) is 4.55. The normalized spacial score (nSPS) is 13.1. The molecule has 2 heteroatoms. The van der Waals surface area contributed by atoms with Crippen LogP contribution in [0.15, 0.2) is 77.9 Å². The van der Waals surface area contributed by atoms with Crippen molar-refractivity contribution in [2.45, 2.75) is 46.5 Å². The zero-order chi connectivity index (χ0) is 19.1. The predicted molar refractivity (Wildman–Crippen MR) is 123 cm³/mol. The van der Waals surface area contributed by atoms with E-state index in [1.54, 1.807) is 0 Å². The van der Waals surface area contributed by atoms with E-state index in [1.807, 2.05) is 0 Å². The van der Waals surface area contributed by atoms with Crippen LogP contribution in [0.4, 0.5) is 0 Å². The van der Waals surface area contributed by atoms with Gasteiger partial charge in [0.25, 0.3) is 0 Å². The Balaban J connectivity index is 0.000000221. The molecule has 28 heavy (non-hydrogen) atoms. The van der Waals surface area contributed by atoms with Crippen molar-refractivity contribution < 1.29 is 21.7 Å². The standard InChI is InChI=1S/C16H14P.C10H15.Ti/c1-12-6-2-5-9-16(12)17-15-10-13-7-3-4-8-14(13)11-15;1-3-4-7-10-8-5-6-9(10)2;/h2-11,17H,1H3;6H,3-5,7H2,1-2H3;/q2*-1;+2. The van der Waals surface area contributed by atoms with Crippen molar-refractivity contribution in [3.05, 3.63) is 89.5 Å². The van der Waals surface area contributed by atoms with Gasteiger partial charge in [-0.25, -0.2) is 11.1 Å². The van der Waals surface area contributed by atoms with Crippen molar-refractivity contribution in [1.29, 1.82) is 0 Å². The second-order valence-corrected chi connectivity index (χ2v) is 8.53. The van der Waals surface area contributed by atoms with Crippen molar-refractivity contribution in [2.24, 2.45) is 0 Å². The molecule has 3 aromatic rings. The van der Waals surface area contributed by atoms with E-state index in [9.17, 15) is 0 Å². The van der Waals surface area contributed by atoms with Gasteiger partial charge in [0.05, 0.1) is 0 Å². The summed E-state index contributed by atoms with van der Waals surface area (Å²) in [4.78, 5) is 0. The molecule has 0 nitrogen and oxygen atoms in total. The van der Waals surface area contributed by atoms with Gasteiger partial charge in [-0.1, -0.05) is 65.1 Å². The second kappa shape index (κ2) is 11.6. The fraction of sp³-hybridized carbons (Fsp3) is 0.269. The Kier molecular flexibility index (Phi) is 9.53. The summed E-state index contributed by atoms with van der Waals surface area (Å²) in [5.74, 6) is 0. The number of rotatable bonds is 5. The van der Waals surface area contributed by atoms with E-state index in [0.29, 0.717) is 0 Å². The van der Waals surface area contributed by atoms with Crippen LogP contribution in [-0.4, -0.2) is 0 Å². The van der Waals surface area contributed by atoms with Crippen LogP contribution >= 0.6 is 8.58 Å². The summed E-state index contributed by atoms with van der Waals surface area (Å²) in [7, 11) is 0.759. The first-order chi connectivity index (χ1) is 13.2. The third-order valence-corrected chi connectivity index (χ3v) is 6.43. The zero-order valence-electron chi connectivity index (χ0n) is 17.2. The molecule has 0 saturated heterocycles. The largest absolute Gasteiger partial charge is 2.00 e. The predicted octanol–water partition coefficient (Wildman–Crippen LogP) is 6.75. The molecular weight excluding hydrogens is 391 g/mol. The fourth-order valence-electron chi connectivity index (χ4n) is 3.32. The second-order valence-electron chi connectivity index (χ2n) is 7.16. The molecule has 0 saturated carbocycles. The van der Waals surface area contributed by atoms with Gasteiger partial charge in [-0.15, -0.1) is 53.7 Å². The smallest absolute Gasteiger partial charge is 0.269 e. The number of allylic oxidation sites excluding steroid dienone is 4. The van der Waals surface area contributed by atoms with Crippen LogP contribution in [0.3, 0.4) is 0 Å². The first kappa shape index (κ1) is 23.0. The topological polar surface area (TPSA) is 0 Å². The number of fused-ring (bicyclic) bond motifs is 1. The van der Waals surface area contributed by atoms with Crippen LogP contribution in [-0.2, 0) is 21.7 Å². The summed E-state index contributed by atoms with van der Waals surface area (Å²) < 4.78 is 0. The average Bonchev–Trinajstić information content (AvgIpc) is 3.27. The molecule has 1 aliphatic rings. The molecule has 142 valence electrons. The van der Waals surface area contributed by atoms with E-state index in [4.69, 9.17) is 0 Å². The SMILES string of the molecule is CCCCC1=[C-]CC=C1C.Cc1ccccc1Pc1cc2ccccc2[cH-]1.[Ti+2]. The van der Waals surface area contributed by atoms with E-state index in [0.717, 1.165) is 15.0 Å². The van der Waals surface area contributed by atoms with E-state index < -0.39 is 0 Å². The quantitative estimate of drug-likeness (QED) is 0.243. The van der Waals surface area contributed by atoms with Gasteiger partial charge in [0.15, 0.2) is 0 Å². The first-order valence-corrected chi connectivity index (χ1v) is 10.9. The maximum Gasteiger partial charge on any atom is 2.00 e. The molecule has 0 bridgehead atoms. The molecule has 0 spiro atoms. The molecule has 0 N–H and O–H groups in total. The monoisotopic (exact) mass is 420 g/mol. The van der Waals surface area contributed by atoms with Crippen molar-refractivity contribution in [3.63, 3.8) is 0 Å². The first-order valence-electron chi connectivity index (χ1n) is 9.92. The average molecular weight is 420 g/mol. The Morgan fingerprint density at radius 2 is 1.79 bits per heavy atom. The third-order valence-electron chi connectivity index (χ3n) is 5.02. The van der Waals surface area contributed by atoms with Gasteiger partial charge in [0, 0.05) is 0 Å². The molecule has 3 aromatic carbocycles. The van der Waals surface area contributed by atoms with Crippen molar-refractivity contribution in [1.82, 2.24) is 0 Å². The third kappa shape index (κ3) is 6.35. The molecular formula is C26H29PTi. The molecule has 0 radical (unpaired) electrons. The molecule has 0 heterocycles. The summed E-state index contributed by atoms with van der Waals surface area (Å²) in [6.07, 6.45) is 10.5. The Bertz CT molecular complexity index is 913. The van der Waals surface area contributed by atoms with Gasteiger partial charge in [0.1, 0.15) is 0 Å². The van der Waals surface area contributed by atoms with Crippen molar-refractivity contribution >= 4 is 30.0 Å². The zero-order valence-corrected chi connectivity index (χ0v) is 19.7. The Labute approximate surface area is 187 Å². The minimum atomic E-state index is 0. The Morgan fingerprint density at radius 3 is 2.46 bits per heavy atom. The van der Waals surface area contributed by atoms with E-state index in [2.05, 4.69) is 93.6 Å². The molecule has 1 atom stereocenters. The Hall–Kier alpha value is -1.33. The summed E-state index contributed by atoms with van der Waals surface area (Å²) in [5, 5.41) is 5.58. The van der Waals surface area contributed by atoms with Crippen LogP contribution in [0.5, 0.6) is 0 Å². The molecule has 0 amide bonds. The van der Waals surface area contributed by atoms with Crippen LogP contribution in [0.2, 0.25) is 0 Å². The maximum absolute atomic E-state index is 3.37. The van der Waals surface area contributed by atoms with Gasteiger partial charge in [0.2, 0.25) is 0 Å². The molecule has 0 aliphatic heterocycles. The number of aryl methyl sites for hydroxylation is 1. The van der Waals surface area contributed by atoms with Gasteiger partial charge < -0.3 is 0 Å². The summed E-state index contributed by atoms with van der Waals surface area (Å²) in [5.41, 5.74) is 4.30. The number of hydrogen-bond acceptors (Lipinski definition) is 0. The van der Waals surface area contributed by atoms with Crippen LogP contribution in [0.25, 0.3) is 10.8 Å². The minimum absolute atomic E-state index is 0. The van der Waals surface area contributed by atoms with Crippen molar-refractivity contribution in [3.8, 4) is 0 Å². The van der Waals surface area contributed by atoms with E-state index >= 15 is 0 Å². The van der Waals surface area contributed by atoms with Crippen LogP contribution in [0, 0.1) is 13.0 Å². The van der Waals surface area contributed by atoms with Crippen molar-refractivity contribution in [2.75, 3.05) is 0 Å². The van der Waals surface area contributed by atoms with Crippen LogP contribution < -0.4 is 10.6 Å².